The number of carboxylic acids is 1. The van der Waals surface area contributed by atoms with E-state index in [9.17, 15) is 14.7 Å². The third-order valence-electron chi connectivity index (χ3n) is 6.14. The Hall–Kier alpha value is -4.79. The van der Waals surface area contributed by atoms with Crippen LogP contribution in [0.25, 0.3) is 11.5 Å². The van der Waals surface area contributed by atoms with Gasteiger partial charge in [-0.1, -0.05) is 24.3 Å². The Morgan fingerprint density at radius 1 is 0.974 bits per heavy atom. The lowest BCUT2D eigenvalue weighted by Crippen LogP contribution is -2.23. The molecule has 0 aliphatic rings. The first-order chi connectivity index (χ1) is 18.8. The number of ether oxygens (including phenoxy) is 2. The summed E-state index contributed by atoms with van der Waals surface area (Å²) < 4.78 is 16.9. The molecule has 3 N–H and O–H groups in total. The molecule has 0 atom stereocenters. The number of hydrogen-bond donors (Lipinski definition) is 3. The van der Waals surface area contributed by atoms with Crippen molar-refractivity contribution in [2.24, 2.45) is 0 Å². The van der Waals surface area contributed by atoms with Crippen molar-refractivity contribution < 1.29 is 33.7 Å². The standard InChI is InChI=1S/C30H30N2O7/c1-19-27(32-30(39-19)21-6-4-3-5-7-21)12-13-38-25-10-8-20(9-11-28(34)35)23(16-25)18-31-29(36)22-14-24(33)17-26(15-22)37-2/h3-8,10,14-17,33H,9,11-13,18H2,1-2H3,(H,31,36)(H,34,35). The van der Waals surface area contributed by atoms with Crippen LogP contribution < -0.4 is 14.8 Å². The minimum absolute atomic E-state index is 0.0416. The van der Waals surface area contributed by atoms with Gasteiger partial charge in [0.1, 0.15) is 23.0 Å². The second-order valence-corrected chi connectivity index (χ2v) is 8.91. The van der Waals surface area contributed by atoms with Crippen LogP contribution in [-0.2, 0) is 24.2 Å². The normalized spacial score (nSPS) is 10.7. The molecule has 0 saturated heterocycles. The first kappa shape index (κ1) is 27.3. The molecule has 1 amide bonds. The zero-order valence-corrected chi connectivity index (χ0v) is 21.8. The van der Waals surface area contributed by atoms with Gasteiger partial charge >= 0.3 is 5.97 Å². The van der Waals surface area contributed by atoms with Crippen LogP contribution in [0.4, 0.5) is 0 Å². The maximum atomic E-state index is 12.7. The summed E-state index contributed by atoms with van der Waals surface area (Å²) in [5.41, 5.74) is 3.47. The Morgan fingerprint density at radius 3 is 2.51 bits per heavy atom. The van der Waals surface area contributed by atoms with Crippen LogP contribution >= 0.6 is 0 Å². The average Bonchev–Trinajstić information content (AvgIpc) is 3.31. The fourth-order valence-electron chi connectivity index (χ4n) is 4.08. The number of carbonyl (C=O) groups excluding carboxylic acids is 1. The van der Waals surface area contributed by atoms with Crippen molar-refractivity contribution >= 4 is 11.9 Å². The van der Waals surface area contributed by atoms with Crippen LogP contribution in [0.15, 0.2) is 71.1 Å². The number of carboxylic acid groups (broad SMARTS) is 1. The molecular weight excluding hydrogens is 500 g/mol. The van der Waals surface area contributed by atoms with Gasteiger partial charge in [0, 0.05) is 36.6 Å². The molecule has 9 nitrogen and oxygen atoms in total. The number of aryl methyl sites for hydroxylation is 2. The number of carbonyl (C=O) groups is 2. The van der Waals surface area contributed by atoms with Crippen LogP contribution in [0.3, 0.4) is 0 Å². The van der Waals surface area contributed by atoms with Crippen molar-refractivity contribution in [1.82, 2.24) is 10.3 Å². The first-order valence-electron chi connectivity index (χ1n) is 12.5. The zero-order valence-electron chi connectivity index (χ0n) is 21.8. The van der Waals surface area contributed by atoms with Crippen molar-refractivity contribution in [1.29, 1.82) is 0 Å². The third kappa shape index (κ3) is 7.38. The number of phenolic OH excluding ortho intramolecular Hbond substituents is 1. The van der Waals surface area contributed by atoms with E-state index in [-0.39, 0.29) is 24.3 Å². The number of aromatic nitrogens is 1. The topological polar surface area (TPSA) is 131 Å². The van der Waals surface area contributed by atoms with Crippen LogP contribution in [0.1, 0.15) is 39.4 Å². The number of aromatic hydroxyl groups is 1. The Morgan fingerprint density at radius 2 is 1.77 bits per heavy atom. The Kier molecular flexibility index (Phi) is 8.83. The van der Waals surface area contributed by atoms with Crippen molar-refractivity contribution in [2.45, 2.75) is 32.7 Å². The number of nitrogens with zero attached hydrogens (tertiary/aromatic N) is 1. The number of benzene rings is 3. The molecular formula is C30H30N2O7. The molecule has 9 heteroatoms. The summed E-state index contributed by atoms with van der Waals surface area (Å²) in [5.74, 6) is 0.833. The summed E-state index contributed by atoms with van der Waals surface area (Å²) in [6, 6.07) is 19.3. The van der Waals surface area contributed by atoms with Gasteiger partial charge in [0.15, 0.2) is 0 Å². The maximum Gasteiger partial charge on any atom is 0.303 e. The predicted molar refractivity (Wildman–Crippen MR) is 144 cm³/mol. The van der Waals surface area contributed by atoms with E-state index in [4.69, 9.17) is 19.0 Å². The highest BCUT2D eigenvalue weighted by Gasteiger charge is 2.14. The molecule has 4 aromatic rings. The van der Waals surface area contributed by atoms with Crippen LogP contribution in [-0.4, -0.2) is 40.8 Å². The van der Waals surface area contributed by atoms with E-state index in [1.165, 1.54) is 25.3 Å². The van der Waals surface area contributed by atoms with Crippen LogP contribution in [0.5, 0.6) is 17.2 Å². The first-order valence-corrected chi connectivity index (χ1v) is 12.5. The number of amides is 1. The number of rotatable bonds is 12. The van der Waals surface area contributed by atoms with Crippen molar-refractivity contribution in [3.05, 3.63) is 94.9 Å². The van der Waals surface area contributed by atoms with Gasteiger partial charge < -0.3 is 29.4 Å². The smallest absolute Gasteiger partial charge is 0.303 e. The summed E-state index contributed by atoms with van der Waals surface area (Å²) in [4.78, 5) is 28.5. The zero-order chi connectivity index (χ0) is 27.8. The highest BCUT2D eigenvalue weighted by Crippen LogP contribution is 2.24. The minimum atomic E-state index is -0.907. The third-order valence-corrected chi connectivity index (χ3v) is 6.14. The number of methoxy groups -OCH3 is 1. The van der Waals surface area contributed by atoms with E-state index in [1.54, 1.807) is 12.1 Å². The SMILES string of the molecule is COc1cc(O)cc(C(=O)NCc2cc(OCCc3nc(-c4ccccc4)oc3C)ccc2CCC(=O)O)c1. The second-order valence-electron chi connectivity index (χ2n) is 8.91. The maximum absolute atomic E-state index is 12.7. The van der Waals surface area contributed by atoms with E-state index in [0.717, 1.165) is 28.1 Å². The summed E-state index contributed by atoms with van der Waals surface area (Å²) >= 11 is 0. The summed E-state index contributed by atoms with van der Waals surface area (Å²) in [5, 5.41) is 21.8. The fraction of sp³-hybridized carbons (Fsp3) is 0.233. The molecule has 202 valence electrons. The number of phenols is 1. The van der Waals surface area contributed by atoms with Gasteiger partial charge in [-0.25, -0.2) is 4.98 Å². The van der Waals surface area contributed by atoms with Crippen molar-refractivity contribution in [2.75, 3.05) is 13.7 Å². The fourth-order valence-corrected chi connectivity index (χ4v) is 4.08. The van der Waals surface area contributed by atoms with Gasteiger partial charge in [-0.05, 0) is 60.9 Å². The lowest BCUT2D eigenvalue weighted by Gasteiger charge is -2.14. The number of oxazole rings is 1. The number of hydrogen-bond acceptors (Lipinski definition) is 7. The second kappa shape index (κ2) is 12.6. The van der Waals surface area contributed by atoms with E-state index in [2.05, 4.69) is 10.3 Å². The van der Waals surface area contributed by atoms with E-state index < -0.39 is 11.9 Å². The van der Waals surface area contributed by atoms with E-state index >= 15 is 0 Å². The number of nitrogens with one attached hydrogen (secondary N) is 1. The molecule has 0 bridgehead atoms. The van der Waals surface area contributed by atoms with Crippen LogP contribution in [0, 0.1) is 6.92 Å². The van der Waals surface area contributed by atoms with Gasteiger partial charge in [0.05, 0.1) is 19.4 Å². The lowest BCUT2D eigenvalue weighted by molar-refractivity contribution is -0.136. The quantitative estimate of drug-likeness (QED) is 0.235. The van der Waals surface area contributed by atoms with Crippen LogP contribution in [0.2, 0.25) is 0 Å². The molecule has 1 aromatic heterocycles. The highest BCUT2D eigenvalue weighted by atomic mass is 16.5. The molecule has 0 fully saturated rings. The Labute approximate surface area is 226 Å². The lowest BCUT2D eigenvalue weighted by atomic mass is 10.0. The molecule has 39 heavy (non-hydrogen) atoms. The summed E-state index contributed by atoms with van der Waals surface area (Å²) in [7, 11) is 1.45. The highest BCUT2D eigenvalue weighted by molar-refractivity contribution is 5.95. The summed E-state index contributed by atoms with van der Waals surface area (Å²) in [6.45, 7) is 2.37. The molecule has 0 spiro atoms. The molecule has 0 aliphatic heterocycles. The van der Waals surface area contributed by atoms with Gasteiger partial charge in [-0.15, -0.1) is 0 Å². The molecule has 0 saturated carbocycles. The van der Waals surface area contributed by atoms with Gasteiger partial charge in [0.25, 0.3) is 5.91 Å². The number of aliphatic carboxylic acids is 1. The molecule has 0 unspecified atom stereocenters. The Balaban J connectivity index is 1.43. The molecule has 3 aromatic carbocycles. The van der Waals surface area contributed by atoms with E-state index in [1.807, 2.05) is 43.3 Å². The predicted octanol–water partition coefficient (Wildman–Crippen LogP) is 4.93. The average molecular weight is 531 g/mol. The molecule has 1 heterocycles. The van der Waals surface area contributed by atoms with Gasteiger partial charge in [-0.2, -0.15) is 0 Å². The monoisotopic (exact) mass is 530 g/mol. The summed E-state index contributed by atoms with van der Waals surface area (Å²) in [6.07, 6.45) is 0.801. The molecule has 0 aliphatic carbocycles. The Bertz CT molecular complexity index is 1450. The largest absolute Gasteiger partial charge is 0.508 e. The molecule has 4 rings (SSSR count). The molecule has 0 radical (unpaired) electrons. The van der Waals surface area contributed by atoms with Gasteiger partial charge in [-0.3, -0.25) is 9.59 Å². The van der Waals surface area contributed by atoms with Gasteiger partial charge in [0.2, 0.25) is 5.89 Å². The van der Waals surface area contributed by atoms with Crippen molar-refractivity contribution in [3.8, 4) is 28.7 Å². The van der Waals surface area contributed by atoms with Crippen molar-refractivity contribution in [3.63, 3.8) is 0 Å². The minimum Gasteiger partial charge on any atom is -0.508 e. The van der Waals surface area contributed by atoms with E-state index in [0.29, 0.717) is 36.8 Å².